The first-order chi connectivity index (χ1) is 42.3. The van der Waals surface area contributed by atoms with E-state index in [0.717, 1.165) is 86.2 Å². The average Bonchev–Trinajstić information content (AvgIpc) is 1.99. The highest BCUT2D eigenvalue weighted by atomic mass is 16.5. The van der Waals surface area contributed by atoms with Crippen molar-refractivity contribution in [3.8, 4) is 0 Å². The van der Waals surface area contributed by atoms with Crippen LogP contribution in [0.25, 0.3) is 22.5 Å². The topological polar surface area (TPSA) is 263 Å². The molecule has 2 saturated heterocycles. The molecule has 6 aromatic rings. The summed E-state index contributed by atoms with van der Waals surface area (Å²) in [6.07, 6.45) is -0.593. The molecular weight excluding hydrogens is 1120 g/mol. The van der Waals surface area contributed by atoms with Crippen LogP contribution >= 0.6 is 0 Å². The van der Waals surface area contributed by atoms with Gasteiger partial charge in [-0.25, -0.2) is 9.59 Å². The molecule has 6 N–H and O–H groups in total. The van der Waals surface area contributed by atoms with E-state index >= 15 is 0 Å². The lowest BCUT2D eigenvalue weighted by molar-refractivity contribution is -0.143. The van der Waals surface area contributed by atoms with E-state index in [1.807, 2.05) is 109 Å². The molecular formula is C66H72N10O12. The zero-order valence-corrected chi connectivity index (χ0v) is 50.0. The summed E-state index contributed by atoms with van der Waals surface area (Å²) >= 11 is 0. The number of hydrogen-bond donors (Lipinski definition) is 6. The molecule has 0 bridgehead atoms. The van der Waals surface area contributed by atoms with Crippen molar-refractivity contribution in [3.05, 3.63) is 179 Å². The number of fused-ring (bicyclic) bond motifs is 2. The van der Waals surface area contributed by atoms with Gasteiger partial charge in [-0.05, 0) is 98.0 Å². The largest absolute Gasteiger partial charge is 0.481 e. The summed E-state index contributed by atoms with van der Waals surface area (Å²) in [7, 11) is 10.4. The lowest BCUT2D eigenvalue weighted by Gasteiger charge is -2.32. The van der Waals surface area contributed by atoms with Gasteiger partial charge in [-0.3, -0.25) is 38.6 Å². The Labute approximate surface area is 510 Å². The number of anilines is 6. The van der Waals surface area contributed by atoms with Crippen molar-refractivity contribution >= 4 is 104 Å². The number of amides is 4. The minimum atomic E-state index is -1.08. The summed E-state index contributed by atoms with van der Waals surface area (Å²) in [6, 6.07) is 44.4. The summed E-state index contributed by atoms with van der Waals surface area (Å²) in [5.74, 6) is -3.54. The molecule has 0 saturated carbocycles. The number of aliphatic carboxylic acids is 2. The number of hydrogen-bond acceptors (Lipinski definition) is 16. The number of methoxy groups -OCH3 is 2. The van der Waals surface area contributed by atoms with Gasteiger partial charge in [0.25, 0.3) is 11.8 Å². The molecule has 2 fully saturated rings. The number of piperazine rings is 2. The Morgan fingerprint density at radius 2 is 0.818 bits per heavy atom. The molecule has 0 aliphatic carbocycles. The number of carbonyl (C=O) groups excluding carboxylic acids is 6. The summed E-state index contributed by atoms with van der Waals surface area (Å²) in [5, 5.41) is 28.4. The number of rotatable bonds is 17. The van der Waals surface area contributed by atoms with Crippen molar-refractivity contribution in [2.45, 2.75) is 12.8 Å². The SMILES string of the molecule is COC(=O)c1ccc2c(c1)NC(=O)/C2=C(\Nc1ccc(N(C)C(=O)CN2CCN(C)CC2)cc1)c1ccccc1.COC(=O)c1ccc2c(c1)NC(=O)/C2=C(\Nc1ccc(N(C)C(=O)CN2CCN(C)CC2)cc1)c1ccccc1.O=C(O)CCC(=O)O. The highest BCUT2D eigenvalue weighted by Gasteiger charge is 2.32. The van der Waals surface area contributed by atoms with Gasteiger partial charge in [0.05, 0.1) is 85.2 Å². The number of nitrogens with zero attached hydrogens (tertiary/aromatic N) is 6. The minimum absolute atomic E-state index is 0.0444. The third-order valence-electron chi connectivity index (χ3n) is 15.3. The van der Waals surface area contributed by atoms with Gasteiger partial charge in [0.15, 0.2) is 0 Å². The molecule has 458 valence electrons. The number of ether oxygens (including phenoxy) is 2. The third-order valence-corrected chi connectivity index (χ3v) is 15.3. The molecule has 4 aliphatic rings. The van der Waals surface area contributed by atoms with Crippen LogP contribution in [0.5, 0.6) is 0 Å². The Kier molecular flexibility index (Phi) is 21.7. The molecule has 4 heterocycles. The number of nitrogens with one attached hydrogen (secondary N) is 4. The summed E-state index contributed by atoms with van der Waals surface area (Å²) in [4.78, 5) is 108. The van der Waals surface area contributed by atoms with E-state index in [9.17, 15) is 38.4 Å². The van der Waals surface area contributed by atoms with Crippen LogP contribution in [0.3, 0.4) is 0 Å². The average molecular weight is 1200 g/mol. The van der Waals surface area contributed by atoms with E-state index in [1.165, 1.54) is 14.2 Å². The number of benzene rings is 6. The monoisotopic (exact) mass is 1200 g/mol. The Bertz CT molecular complexity index is 3360. The van der Waals surface area contributed by atoms with Crippen molar-refractivity contribution < 1.29 is 58.0 Å². The van der Waals surface area contributed by atoms with Crippen LogP contribution in [0.4, 0.5) is 34.1 Å². The van der Waals surface area contributed by atoms with Gasteiger partial charge < -0.3 is 60.6 Å². The molecule has 88 heavy (non-hydrogen) atoms. The van der Waals surface area contributed by atoms with Crippen LogP contribution in [-0.4, -0.2) is 185 Å². The second-order valence-corrected chi connectivity index (χ2v) is 21.3. The van der Waals surface area contributed by atoms with E-state index in [1.54, 1.807) is 60.3 Å². The standard InChI is InChI=1S/2C31H33N5O4.C4H6O4/c2*1-34-15-17-36(18-16-34)20-27(37)35(2)24-12-10-23(11-13-24)32-29(21-7-5-4-6-8-21)28-25-14-9-22(31(39)40-3)19-26(25)33-30(28)38;5-3(6)1-2-4(7)8/h2*4-14,19,32H,15-18,20H2,1-3H3,(H,33,38);1-2H2,(H,5,6)(H,7,8)/b2*29-28-;. The van der Waals surface area contributed by atoms with Gasteiger partial charge in [-0.2, -0.15) is 0 Å². The predicted octanol–water partition coefficient (Wildman–Crippen LogP) is 7.17. The van der Waals surface area contributed by atoms with Crippen molar-refractivity contribution in [3.63, 3.8) is 0 Å². The lowest BCUT2D eigenvalue weighted by Crippen LogP contribution is -2.48. The minimum Gasteiger partial charge on any atom is -0.481 e. The summed E-state index contributed by atoms with van der Waals surface area (Å²) < 4.78 is 9.65. The van der Waals surface area contributed by atoms with Crippen molar-refractivity contribution in [2.75, 3.05) is 139 Å². The number of carboxylic acid groups (broad SMARTS) is 2. The molecule has 0 radical (unpaired) electrons. The van der Waals surface area contributed by atoms with Gasteiger partial charge in [-0.1, -0.05) is 72.8 Å². The van der Waals surface area contributed by atoms with Gasteiger partial charge in [-0.15, -0.1) is 0 Å². The normalized spacial score (nSPS) is 15.9. The van der Waals surface area contributed by atoms with Gasteiger partial charge in [0, 0.05) is 100 Å². The summed E-state index contributed by atoms with van der Waals surface area (Å²) in [5.41, 5.74) is 10.2. The fourth-order valence-corrected chi connectivity index (χ4v) is 10.0. The fourth-order valence-electron chi connectivity index (χ4n) is 10.0. The Morgan fingerprint density at radius 1 is 0.477 bits per heavy atom. The Hall–Kier alpha value is -10.0. The van der Waals surface area contributed by atoms with Gasteiger partial charge >= 0.3 is 23.9 Å². The highest BCUT2D eigenvalue weighted by Crippen LogP contribution is 2.40. The molecule has 22 heteroatoms. The quantitative estimate of drug-likeness (QED) is 0.0391. The van der Waals surface area contributed by atoms with Crippen LogP contribution in [0, 0.1) is 0 Å². The second-order valence-electron chi connectivity index (χ2n) is 21.3. The molecule has 10 rings (SSSR count). The Morgan fingerprint density at radius 3 is 1.14 bits per heavy atom. The van der Waals surface area contributed by atoms with Gasteiger partial charge in [0.2, 0.25) is 11.8 Å². The molecule has 4 aliphatic heterocycles. The Balaban J connectivity index is 0.000000203. The molecule has 4 amide bonds. The molecule has 0 atom stereocenters. The van der Waals surface area contributed by atoms with E-state index in [-0.39, 0.29) is 36.5 Å². The molecule has 0 spiro atoms. The molecule has 0 aromatic heterocycles. The maximum atomic E-state index is 13.2. The number of esters is 2. The highest BCUT2D eigenvalue weighted by molar-refractivity contribution is 6.38. The molecule has 22 nitrogen and oxygen atoms in total. The zero-order chi connectivity index (χ0) is 63.0. The van der Waals surface area contributed by atoms with Crippen LogP contribution < -0.4 is 31.1 Å². The fraction of sp³-hybridized carbons (Fsp3) is 0.273. The lowest BCUT2D eigenvalue weighted by atomic mass is 9.99. The van der Waals surface area contributed by atoms with Crippen molar-refractivity contribution in [1.29, 1.82) is 0 Å². The van der Waals surface area contributed by atoms with Gasteiger partial charge in [0.1, 0.15) is 0 Å². The van der Waals surface area contributed by atoms with Crippen LogP contribution in [0.15, 0.2) is 146 Å². The summed E-state index contributed by atoms with van der Waals surface area (Å²) in [6.45, 7) is 8.18. The number of carbonyl (C=O) groups is 8. The van der Waals surface area contributed by atoms with E-state index in [2.05, 4.69) is 55.0 Å². The van der Waals surface area contributed by atoms with Crippen LogP contribution in [0.2, 0.25) is 0 Å². The van der Waals surface area contributed by atoms with Crippen molar-refractivity contribution in [2.24, 2.45) is 0 Å². The number of carboxylic acids is 2. The van der Waals surface area contributed by atoms with Crippen molar-refractivity contribution in [1.82, 2.24) is 19.6 Å². The first-order valence-electron chi connectivity index (χ1n) is 28.5. The first-order valence-corrected chi connectivity index (χ1v) is 28.5. The maximum Gasteiger partial charge on any atom is 0.337 e. The molecule has 0 unspecified atom stereocenters. The maximum absolute atomic E-state index is 13.2. The van der Waals surface area contributed by atoms with Crippen LogP contribution in [-0.2, 0) is 38.2 Å². The van der Waals surface area contributed by atoms with E-state index in [4.69, 9.17) is 19.7 Å². The smallest absolute Gasteiger partial charge is 0.337 e. The zero-order valence-electron chi connectivity index (χ0n) is 50.0. The van der Waals surface area contributed by atoms with E-state index in [0.29, 0.717) is 69.3 Å². The second kappa shape index (κ2) is 29.9. The predicted molar refractivity (Wildman–Crippen MR) is 339 cm³/mol. The number of likely N-dealkylation sites (N-methyl/N-ethyl adjacent to an activating group) is 4. The third kappa shape index (κ3) is 16.5. The first kappa shape index (κ1) is 64.0. The van der Waals surface area contributed by atoms with E-state index < -0.39 is 23.9 Å². The molecule has 6 aromatic carbocycles. The van der Waals surface area contributed by atoms with Crippen LogP contribution in [0.1, 0.15) is 55.8 Å².